The first kappa shape index (κ1) is 20.2. The molecule has 0 bridgehead atoms. The largest absolute Gasteiger partial charge is 0.480 e. The number of rotatable bonds is 9. The number of hydrogen-bond acceptors (Lipinski definition) is 3. The van der Waals surface area contributed by atoms with E-state index >= 15 is 0 Å². The average molecular weight is 367 g/mol. The normalized spacial score (nSPS) is 11.9. The number of amides is 2. The predicted octanol–water partition coefficient (Wildman–Crippen LogP) is 3.56. The first-order valence-electron chi connectivity index (χ1n) is 8.92. The van der Waals surface area contributed by atoms with E-state index in [1.165, 1.54) is 0 Å². The molecule has 0 fully saturated rings. The topological polar surface area (TPSA) is 104 Å². The Hall–Kier alpha value is -3.12. The van der Waals surface area contributed by atoms with Crippen molar-refractivity contribution in [3.63, 3.8) is 0 Å². The van der Waals surface area contributed by atoms with Crippen molar-refractivity contribution in [2.75, 3.05) is 11.9 Å². The van der Waals surface area contributed by atoms with Gasteiger partial charge in [0.25, 0.3) is 0 Å². The van der Waals surface area contributed by atoms with E-state index in [1.54, 1.807) is 12.1 Å². The molecule has 0 aliphatic rings. The van der Waals surface area contributed by atoms with Crippen LogP contribution in [-0.2, 0) is 4.79 Å². The van der Waals surface area contributed by atoms with Gasteiger partial charge in [0.05, 0.1) is 0 Å². The summed E-state index contributed by atoms with van der Waals surface area (Å²) >= 11 is 0. The summed E-state index contributed by atoms with van der Waals surface area (Å²) in [7, 11) is 0. The Bertz CT molecular complexity index is 758. The smallest absolute Gasteiger partial charge is 0.326 e. The lowest BCUT2D eigenvalue weighted by atomic mass is 10.1. The summed E-state index contributed by atoms with van der Waals surface area (Å²) in [5, 5.41) is 14.3. The lowest BCUT2D eigenvalue weighted by molar-refractivity contribution is -0.139. The zero-order valence-corrected chi connectivity index (χ0v) is 15.1. The van der Waals surface area contributed by atoms with Crippen molar-refractivity contribution in [3.8, 4) is 0 Å². The molecular formula is C21H25N3O3. The second-order valence-electron chi connectivity index (χ2n) is 6.14. The van der Waals surface area contributed by atoms with Crippen molar-refractivity contribution in [1.82, 2.24) is 5.32 Å². The van der Waals surface area contributed by atoms with Gasteiger partial charge in [-0.2, -0.15) is 0 Å². The molecule has 0 spiro atoms. The molecule has 142 valence electrons. The number of carboxylic acid groups (broad SMARTS) is 1. The molecule has 0 heterocycles. The van der Waals surface area contributed by atoms with Crippen LogP contribution in [0.3, 0.4) is 0 Å². The summed E-state index contributed by atoms with van der Waals surface area (Å²) in [6.07, 6.45) is 5.72. The van der Waals surface area contributed by atoms with Crippen molar-refractivity contribution in [2.45, 2.75) is 25.3 Å². The lowest BCUT2D eigenvalue weighted by Crippen LogP contribution is -2.43. The van der Waals surface area contributed by atoms with Crippen LogP contribution in [0.4, 0.5) is 10.5 Å². The first-order chi connectivity index (χ1) is 13.1. The molecule has 2 aromatic rings. The molecule has 6 heteroatoms. The van der Waals surface area contributed by atoms with E-state index in [-0.39, 0.29) is 0 Å². The van der Waals surface area contributed by atoms with E-state index in [1.807, 2.05) is 54.6 Å². The van der Waals surface area contributed by atoms with Crippen LogP contribution < -0.4 is 16.4 Å². The Morgan fingerprint density at radius 3 is 2.19 bits per heavy atom. The van der Waals surface area contributed by atoms with Crippen molar-refractivity contribution < 1.29 is 14.7 Å². The Labute approximate surface area is 159 Å². The molecule has 1 atom stereocenters. The third kappa shape index (κ3) is 7.33. The number of benzene rings is 2. The van der Waals surface area contributed by atoms with Crippen LogP contribution in [-0.4, -0.2) is 29.7 Å². The Morgan fingerprint density at radius 1 is 0.963 bits per heavy atom. The van der Waals surface area contributed by atoms with E-state index in [0.29, 0.717) is 25.1 Å². The quantitative estimate of drug-likeness (QED) is 0.402. The number of nitrogens with two attached hydrogens (primary N) is 1. The van der Waals surface area contributed by atoms with Gasteiger partial charge in [0, 0.05) is 5.69 Å². The second kappa shape index (κ2) is 10.8. The van der Waals surface area contributed by atoms with Crippen LogP contribution in [0.1, 0.15) is 30.4 Å². The zero-order valence-electron chi connectivity index (χ0n) is 15.1. The fraction of sp³-hybridized carbons (Fsp3) is 0.238. The molecule has 0 radical (unpaired) electrons. The molecule has 0 aromatic heterocycles. The van der Waals surface area contributed by atoms with E-state index in [0.717, 1.165) is 17.5 Å². The number of aliphatic carboxylic acids is 1. The molecule has 5 N–H and O–H groups in total. The molecule has 2 amide bonds. The molecule has 2 aromatic carbocycles. The minimum absolute atomic E-state index is 0.350. The van der Waals surface area contributed by atoms with Crippen LogP contribution in [0.5, 0.6) is 0 Å². The highest BCUT2D eigenvalue weighted by atomic mass is 16.4. The van der Waals surface area contributed by atoms with Crippen molar-refractivity contribution in [3.05, 3.63) is 65.7 Å². The molecular weight excluding hydrogens is 342 g/mol. The monoisotopic (exact) mass is 367 g/mol. The molecule has 0 saturated carbocycles. The maximum Gasteiger partial charge on any atom is 0.326 e. The van der Waals surface area contributed by atoms with Gasteiger partial charge in [-0.25, -0.2) is 9.59 Å². The van der Waals surface area contributed by atoms with Gasteiger partial charge in [0.15, 0.2) is 0 Å². The van der Waals surface area contributed by atoms with Crippen LogP contribution in [0, 0.1) is 0 Å². The van der Waals surface area contributed by atoms with Gasteiger partial charge in [-0.05, 0) is 49.1 Å². The van der Waals surface area contributed by atoms with Gasteiger partial charge in [-0.1, -0.05) is 54.6 Å². The number of nitrogens with one attached hydrogen (secondary N) is 2. The SMILES string of the molecule is NCCCC[C@H](NC(=O)Nc1ccc(/C=C/c2ccccc2)cc1)C(=O)O. The van der Waals surface area contributed by atoms with E-state index in [9.17, 15) is 14.7 Å². The van der Waals surface area contributed by atoms with E-state index in [2.05, 4.69) is 10.6 Å². The maximum atomic E-state index is 12.0. The Morgan fingerprint density at radius 2 is 1.59 bits per heavy atom. The molecule has 0 aliphatic carbocycles. The van der Waals surface area contributed by atoms with Crippen LogP contribution in [0.15, 0.2) is 54.6 Å². The molecule has 27 heavy (non-hydrogen) atoms. The van der Waals surface area contributed by atoms with Gasteiger partial charge >= 0.3 is 12.0 Å². The predicted molar refractivity (Wildman–Crippen MR) is 108 cm³/mol. The number of urea groups is 1. The van der Waals surface area contributed by atoms with Crippen LogP contribution in [0.2, 0.25) is 0 Å². The van der Waals surface area contributed by atoms with Crippen molar-refractivity contribution >= 4 is 29.8 Å². The Balaban J connectivity index is 1.88. The second-order valence-corrected chi connectivity index (χ2v) is 6.14. The summed E-state index contributed by atoms with van der Waals surface area (Å²) in [5.74, 6) is -1.05. The van der Waals surface area contributed by atoms with Gasteiger partial charge in [0.2, 0.25) is 0 Å². The van der Waals surface area contributed by atoms with Crippen LogP contribution >= 0.6 is 0 Å². The molecule has 0 saturated heterocycles. The summed E-state index contributed by atoms with van der Waals surface area (Å²) in [6, 6.07) is 15.8. The number of carbonyl (C=O) groups is 2. The highest BCUT2D eigenvalue weighted by Crippen LogP contribution is 2.13. The third-order valence-corrected chi connectivity index (χ3v) is 3.99. The molecule has 0 unspecified atom stereocenters. The fourth-order valence-electron chi connectivity index (χ4n) is 2.51. The first-order valence-corrected chi connectivity index (χ1v) is 8.92. The molecule has 6 nitrogen and oxygen atoms in total. The standard InChI is InChI=1S/C21H25N3O3/c22-15-5-4-8-19(20(25)26)24-21(27)23-18-13-11-17(12-14-18)10-9-16-6-2-1-3-7-16/h1-3,6-7,9-14,19H,4-5,8,15,22H2,(H,25,26)(H2,23,24,27)/b10-9+/t19-/m0/s1. The number of hydrogen-bond donors (Lipinski definition) is 4. The Kier molecular flexibility index (Phi) is 8.06. The average Bonchev–Trinajstić information content (AvgIpc) is 2.67. The summed E-state index contributed by atoms with van der Waals surface area (Å²) in [5.41, 5.74) is 8.10. The van der Waals surface area contributed by atoms with E-state index < -0.39 is 18.0 Å². The maximum absolute atomic E-state index is 12.0. The van der Waals surface area contributed by atoms with Gasteiger partial charge in [-0.3, -0.25) is 0 Å². The summed E-state index contributed by atoms with van der Waals surface area (Å²) in [4.78, 5) is 23.3. The zero-order chi connectivity index (χ0) is 19.5. The number of carbonyl (C=O) groups excluding carboxylic acids is 1. The number of unbranched alkanes of at least 4 members (excludes halogenated alkanes) is 1. The summed E-state index contributed by atoms with van der Waals surface area (Å²) < 4.78 is 0. The number of carboxylic acids is 1. The van der Waals surface area contributed by atoms with Crippen molar-refractivity contribution in [1.29, 1.82) is 0 Å². The van der Waals surface area contributed by atoms with Gasteiger partial charge in [-0.15, -0.1) is 0 Å². The summed E-state index contributed by atoms with van der Waals surface area (Å²) in [6.45, 7) is 0.504. The highest BCUT2D eigenvalue weighted by Gasteiger charge is 2.19. The van der Waals surface area contributed by atoms with Crippen molar-refractivity contribution in [2.24, 2.45) is 5.73 Å². The van der Waals surface area contributed by atoms with Gasteiger partial charge in [0.1, 0.15) is 6.04 Å². The molecule has 2 rings (SSSR count). The third-order valence-electron chi connectivity index (χ3n) is 3.99. The number of anilines is 1. The molecule has 0 aliphatic heterocycles. The van der Waals surface area contributed by atoms with Crippen LogP contribution in [0.25, 0.3) is 12.2 Å². The minimum Gasteiger partial charge on any atom is -0.480 e. The van der Waals surface area contributed by atoms with E-state index in [4.69, 9.17) is 5.73 Å². The van der Waals surface area contributed by atoms with Gasteiger partial charge < -0.3 is 21.5 Å². The lowest BCUT2D eigenvalue weighted by Gasteiger charge is -2.15. The minimum atomic E-state index is -1.05. The highest BCUT2D eigenvalue weighted by molar-refractivity contribution is 5.92. The fourth-order valence-corrected chi connectivity index (χ4v) is 2.51.